The molecule has 3 rings (SSSR count). The van der Waals surface area contributed by atoms with E-state index in [0.29, 0.717) is 21.5 Å². The van der Waals surface area contributed by atoms with Gasteiger partial charge in [-0.3, -0.25) is 9.59 Å². The SMILES string of the molecule is CCOC(=O)C(c1nnc(-c2ccc(C)cc2)o1)c1nc(C)c(C(C)=O)s1. The summed E-state index contributed by atoms with van der Waals surface area (Å²) in [5, 5.41) is 8.50. The number of rotatable bonds is 6. The Bertz CT molecular complexity index is 975. The molecule has 2 heterocycles. The van der Waals surface area contributed by atoms with Gasteiger partial charge in [-0.2, -0.15) is 0 Å². The summed E-state index contributed by atoms with van der Waals surface area (Å²) in [4.78, 5) is 29.2. The Balaban J connectivity index is 2.01. The Morgan fingerprint density at radius 1 is 1.19 bits per heavy atom. The van der Waals surface area contributed by atoms with E-state index >= 15 is 0 Å². The molecule has 0 amide bonds. The molecule has 2 aromatic heterocycles. The van der Waals surface area contributed by atoms with Crippen LogP contribution in [0.4, 0.5) is 0 Å². The van der Waals surface area contributed by atoms with E-state index in [0.717, 1.165) is 22.5 Å². The molecule has 27 heavy (non-hydrogen) atoms. The second-order valence-electron chi connectivity index (χ2n) is 6.02. The van der Waals surface area contributed by atoms with Crippen molar-refractivity contribution in [1.82, 2.24) is 15.2 Å². The number of nitrogens with zero attached hydrogens (tertiary/aromatic N) is 3. The van der Waals surface area contributed by atoms with Crippen LogP contribution < -0.4 is 0 Å². The van der Waals surface area contributed by atoms with Gasteiger partial charge in [0.05, 0.1) is 17.2 Å². The average molecular weight is 385 g/mol. The molecule has 0 aliphatic carbocycles. The summed E-state index contributed by atoms with van der Waals surface area (Å²) >= 11 is 1.14. The number of thiazole rings is 1. The summed E-state index contributed by atoms with van der Waals surface area (Å²) in [5.74, 6) is -1.22. The van der Waals surface area contributed by atoms with Crippen LogP contribution >= 0.6 is 11.3 Å². The zero-order valence-electron chi connectivity index (χ0n) is 15.5. The Kier molecular flexibility index (Phi) is 5.46. The number of ether oxygens (including phenoxy) is 1. The van der Waals surface area contributed by atoms with Crippen molar-refractivity contribution in [3.05, 3.63) is 51.3 Å². The van der Waals surface area contributed by atoms with Gasteiger partial charge in [-0.1, -0.05) is 17.7 Å². The van der Waals surface area contributed by atoms with E-state index in [1.165, 1.54) is 6.92 Å². The summed E-state index contributed by atoms with van der Waals surface area (Å²) in [7, 11) is 0. The van der Waals surface area contributed by atoms with Crippen molar-refractivity contribution in [3.63, 3.8) is 0 Å². The van der Waals surface area contributed by atoms with Crippen LogP contribution in [0.15, 0.2) is 28.7 Å². The summed E-state index contributed by atoms with van der Waals surface area (Å²) in [6.45, 7) is 7.10. The number of hydrogen-bond acceptors (Lipinski definition) is 8. The van der Waals surface area contributed by atoms with E-state index in [2.05, 4.69) is 15.2 Å². The zero-order valence-corrected chi connectivity index (χ0v) is 16.3. The Morgan fingerprint density at radius 2 is 1.89 bits per heavy atom. The van der Waals surface area contributed by atoms with Gasteiger partial charge in [-0.25, -0.2) is 4.98 Å². The predicted octanol–water partition coefficient (Wildman–Crippen LogP) is 3.71. The number of esters is 1. The molecule has 140 valence electrons. The van der Waals surface area contributed by atoms with Crippen LogP contribution in [0.3, 0.4) is 0 Å². The largest absolute Gasteiger partial charge is 0.465 e. The van der Waals surface area contributed by atoms with Crippen molar-refractivity contribution >= 4 is 23.1 Å². The van der Waals surface area contributed by atoms with Gasteiger partial charge in [0.15, 0.2) is 11.7 Å². The van der Waals surface area contributed by atoms with Crippen LogP contribution in [0.25, 0.3) is 11.5 Å². The molecule has 0 saturated heterocycles. The Labute approximate surface area is 160 Å². The third-order valence-corrected chi connectivity index (χ3v) is 5.21. The smallest absolute Gasteiger partial charge is 0.325 e. The number of carbonyl (C=O) groups excluding carboxylic acids is 2. The van der Waals surface area contributed by atoms with Gasteiger partial charge in [0.1, 0.15) is 5.01 Å². The molecule has 0 aliphatic heterocycles. The predicted molar refractivity (Wildman–Crippen MR) is 99.8 cm³/mol. The van der Waals surface area contributed by atoms with Crippen molar-refractivity contribution in [2.24, 2.45) is 0 Å². The van der Waals surface area contributed by atoms with E-state index in [1.54, 1.807) is 13.8 Å². The number of hydrogen-bond donors (Lipinski definition) is 0. The summed E-state index contributed by atoms with van der Waals surface area (Å²) in [5.41, 5.74) is 2.43. The van der Waals surface area contributed by atoms with Crippen LogP contribution in [-0.2, 0) is 9.53 Å². The lowest BCUT2D eigenvalue weighted by atomic mass is 10.1. The van der Waals surface area contributed by atoms with E-state index in [-0.39, 0.29) is 18.3 Å². The number of Topliss-reactive ketones (excluding diaryl/α,β-unsaturated/α-hetero) is 1. The molecule has 0 bridgehead atoms. The Morgan fingerprint density at radius 3 is 2.48 bits per heavy atom. The van der Waals surface area contributed by atoms with Crippen molar-refractivity contribution in [1.29, 1.82) is 0 Å². The molecule has 1 atom stereocenters. The summed E-state index contributed by atoms with van der Waals surface area (Å²) in [6.07, 6.45) is 0. The number of ketones is 1. The molecule has 0 aliphatic rings. The van der Waals surface area contributed by atoms with Crippen molar-refractivity contribution in [2.75, 3.05) is 6.61 Å². The van der Waals surface area contributed by atoms with Gasteiger partial charge >= 0.3 is 5.97 Å². The highest BCUT2D eigenvalue weighted by molar-refractivity contribution is 7.14. The van der Waals surface area contributed by atoms with Crippen LogP contribution in [0, 0.1) is 13.8 Å². The van der Waals surface area contributed by atoms with E-state index < -0.39 is 11.9 Å². The van der Waals surface area contributed by atoms with Crippen LogP contribution in [0.1, 0.15) is 51.6 Å². The normalized spacial score (nSPS) is 12.0. The lowest BCUT2D eigenvalue weighted by Gasteiger charge is -2.09. The van der Waals surface area contributed by atoms with Crippen LogP contribution in [0.2, 0.25) is 0 Å². The maximum Gasteiger partial charge on any atom is 0.325 e. The van der Waals surface area contributed by atoms with Crippen molar-refractivity contribution < 1.29 is 18.7 Å². The fourth-order valence-corrected chi connectivity index (χ4v) is 3.61. The molecule has 0 fully saturated rings. The fraction of sp³-hybridized carbons (Fsp3) is 0.316. The fourth-order valence-electron chi connectivity index (χ4n) is 2.56. The minimum Gasteiger partial charge on any atom is -0.465 e. The highest BCUT2D eigenvalue weighted by Crippen LogP contribution is 2.32. The third kappa shape index (κ3) is 3.95. The lowest BCUT2D eigenvalue weighted by molar-refractivity contribution is -0.144. The van der Waals surface area contributed by atoms with Gasteiger partial charge in [-0.15, -0.1) is 21.5 Å². The first-order valence-electron chi connectivity index (χ1n) is 8.46. The molecule has 0 N–H and O–H groups in total. The van der Waals surface area contributed by atoms with Gasteiger partial charge in [0.25, 0.3) is 0 Å². The number of benzene rings is 1. The highest BCUT2D eigenvalue weighted by atomic mass is 32.1. The quantitative estimate of drug-likeness (QED) is 0.471. The first-order valence-corrected chi connectivity index (χ1v) is 9.27. The molecule has 0 spiro atoms. The molecule has 8 heteroatoms. The molecule has 0 saturated carbocycles. The summed E-state index contributed by atoms with van der Waals surface area (Å²) in [6, 6.07) is 7.61. The maximum atomic E-state index is 12.6. The van der Waals surface area contributed by atoms with Crippen molar-refractivity contribution in [2.45, 2.75) is 33.6 Å². The van der Waals surface area contributed by atoms with Gasteiger partial charge < -0.3 is 9.15 Å². The molecule has 7 nitrogen and oxygen atoms in total. The first-order chi connectivity index (χ1) is 12.9. The molecular weight excluding hydrogens is 366 g/mol. The molecule has 0 radical (unpaired) electrons. The number of aryl methyl sites for hydroxylation is 2. The molecule has 3 aromatic rings. The third-order valence-electron chi connectivity index (χ3n) is 3.89. The minimum absolute atomic E-state index is 0.0906. The monoisotopic (exact) mass is 385 g/mol. The molecular formula is C19H19N3O4S. The lowest BCUT2D eigenvalue weighted by Crippen LogP contribution is -2.17. The zero-order chi connectivity index (χ0) is 19.6. The van der Waals surface area contributed by atoms with Crippen LogP contribution in [0.5, 0.6) is 0 Å². The number of aromatic nitrogens is 3. The van der Waals surface area contributed by atoms with Crippen LogP contribution in [-0.4, -0.2) is 33.5 Å². The highest BCUT2D eigenvalue weighted by Gasteiger charge is 2.34. The minimum atomic E-state index is -0.964. The van der Waals surface area contributed by atoms with Gasteiger partial charge in [0.2, 0.25) is 11.8 Å². The van der Waals surface area contributed by atoms with E-state index in [4.69, 9.17) is 9.15 Å². The Hall–Kier alpha value is -2.87. The summed E-state index contributed by atoms with van der Waals surface area (Å²) < 4.78 is 10.9. The second-order valence-corrected chi connectivity index (χ2v) is 7.05. The van der Waals surface area contributed by atoms with Crippen molar-refractivity contribution in [3.8, 4) is 11.5 Å². The molecule has 1 unspecified atom stereocenters. The van der Waals surface area contributed by atoms with Gasteiger partial charge in [-0.05, 0) is 32.9 Å². The molecule has 1 aromatic carbocycles. The maximum absolute atomic E-state index is 12.6. The topological polar surface area (TPSA) is 95.2 Å². The second kappa shape index (κ2) is 7.79. The standard InChI is InChI=1S/C19H19N3O4S/c1-5-25-19(24)14(18-20-11(3)15(27-18)12(4)23)17-22-21-16(26-17)13-8-6-10(2)7-9-13/h6-9,14H,5H2,1-4H3. The van der Waals surface area contributed by atoms with E-state index in [9.17, 15) is 9.59 Å². The van der Waals surface area contributed by atoms with Gasteiger partial charge in [0, 0.05) is 12.5 Å². The first kappa shape index (κ1) is 18.9. The average Bonchev–Trinajstić information content (AvgIpc) is 3.24. The number of carbonyl (C=O) groups is 2. The van der Waals surface area contributed by atoms with E-state index in [1.807, 2.05) is 31.2 Å².